The number of aryl methyl sites for hydroxylation is 1. The molecule has 5 N–H and O–H groups in total. The minimum atomic E-state index is -0.978. The lowest BCUT2D eigenvalue weighted by atomic mass is 10.00. The van der Waals surface area contributed by atoms with Gasteiger partial charge in [-0.15, -0.1) is 0 Å². The maximum atomic E-state index is 10.4. The highest BCUT2D eigenvalue weighted by molar-refractivity contribution is 6.10. The summed E-state index contributed by atoms with van der Waals surface area (Å²) in [6.07, 6.45) is 0. The summed E-state index contributed by atoms with van der Waals surface area (Å²) in [6, 6.07) is 21.3. The number of hydrogen-bond acceptors (Lipinski definition) is 5. The number of fused-ring (bicyclic) bond motifs is 3. The summed E-state index contributed by atoms with van der Waals surface area (Å²) in [5, 5.41) is 52.4. The van der Waals surface area contributed by atoms with E-state index < -0.39 is 28.7 Å². The van der Waals surface area contributed by atoms with Crippen molar-refractivity contribution in [2.45, 2.75) is 6.92 Å². The summed E-state index contributed by atoms with van der Waals surface area (Å²) < 4.78 is 2.08. The Labute approximate surface area is 177 Å². The molecule has 0 saturated heterocycles. The molecule has 1 aromatic heterocycles. The van der Waals surface area contributed by atoms with Crippen LogP contribution in [0, 0.1) is 6.92 Å². The van der Waals surface area contributed by atoms with Gasteiger partial charge in [0.25, 0.3) is 0 Å². The molecule has 6 heteroatoms. The van der Waals surface area contributed by atoms with Gasteiger partial charge in [0.15, 0.2) is 11.5 Å². The van der Waals surface area contributed by atoms with Crippen molar-refractivity contribution in [2.75, 3.05) is 0 Å². The summed E-state index contributed by atoms with van der Waals surface area (Å²) in [5.41, 5.74) is 4.05. The van der Waals surface area contributed by atoms with Crippen LogP contribution in [0.15, 0.2) is 66.7 Å². The molecule has 0 bridgehead atoms. The molecule has 0 aliphatic heterocycles. The fourth-order valence-electron chi connectivity index (χ4n) is 4.13. The minimum absolute atomic E-state index is 0.171. The molecule has 0 radical (unpaired) electrons. The van der Waals surface area contributed by atoms with Crippen LogP contribution in [0.25, 0.3) is 38.6 Å². The molecule has 1 heterocycles. The molecule has 31 heavy (non-hydrogen) atoms. The van der Waals surface area contributed by atoms with E-state index in [1.807, 2.05) is 55.5 Å². The van der Waals surface area contributed by atoms with Gasteiger partial charge < -0.3 is 30.1 Å². The molecule has 0 spiro atoms. The van der Waals surface area contributed by atoms with Gasteiger partial charge in [0.05, 0.1) is 16.6 Å². The summed E-state index contributed by atoms with van der Waals surface area (Å²) >= 11 is 0. The first kappa shape index (κ1) is 18.7. The largest absolute Gasteiger partial charge is 0.504 e. The maximum absolute atomic E-state index is 10.4. The first-order valence-electron chi connectivity index (χ1n) is 9.68. The van der Waals surface area contributed by atoms with Crippen molar-refractivity contribution in [1.29, 1.82) is 0 Å². The molecule has 0 aliphatic carbocycles. The number of aromatic hydroxyl groups is 5. The highest BCUT2D eigenvalue weighted by Crippen LogP contribution is 2.55. The fourth-order valence-corrected chi connectivity index (χ4v) is 4.13. The van der Waals surface area contributed by atoms with E-state index in [1.54, 1.807) is 12.1 Å². The van der Waals surface area contributed by atoms with Gasteiger partial charge in [0, 0.05) is 16.5 Å². The average Bonchev–Trinajstić information content (AvgIpc) is 3.10. The van der Waals surface area contributed by atoms with E-state index in [0.717, 1.165) is 33.1 Å². The quantitative estimate of drug-likeness (QED) is 0.200. The zero-order valence-electron chi connectivity index (χ0n) is 16.5. The summed E-state index contributed by atoms with van der Waals surface area (Å²) in [7, 11) is 0. The molecular formula is C25H19NO5. The van der Waals surface area contributed by atoms with Gasteiger partial charge in [0.2, 0.25) is 17.2 Å². The van der Waals surface area contributed by atoms with Gasteiger partial charge in [0.1, 0.15) is 0 Å². The van der Waals surface area contributed by atoms with E-state index in [-0.39, 0.29) is 5.56 Å². The molecule has 4 aromatic carbocycles. The molecule has 154 valence electrons. The van der Waals surface area contributed by atoms with Crippen LogP contribution in [0.5, 0.6) is 28.7 Å². The number of nitrogens with zero attached hydrogens (tertiary/aromatic N) is 1. The van der Waals surface area contributed by atoms with Crippen LogP contribution in [0.4, 0.5) is 0 Å². The normalized spacial score (nSPS) is 11.4. The van der Waals surface area contributed by atoms with Crippen molar-refractivity contribution in [2.24, 2.45) is 0 Å². The first-order valence-corrected chi connectivity index (χ1v) is 9.68. The third-order valence-electron chi connectivity index (χ3n) is 5.59. The number of benzene rings is 4. The van der Waals surface area contributed by atoms with Gasteiger partial charge in [-0.1, -0.05) is 42.5 Å². The van der Waals surface area contributed by atoms with Gasteiger partial charge in [-0.2, -0.15) is 0 Å². The topological polar surface area (TPSA) is 106 Å². The van der Waals surface area contributed by atoms with Crippen molar-refractivity contribution in [1.82, 2.24) is 4.57 Å². The van der Waals surface area contributed by atoms with Gasteiger partial charge >= 0.3 is 0 Å². The van der Waals surface area contributed by atoms with Crippen molar-refractivity contribution in [3.05, 3.63) is 72.3 Å². The Morgan fingerprint density at radius 3 is 1.94 bits per heavy atom. The molecule has 0 saturated carbocycles. The Morgan fingerprint density at radius 2 is 1.23 bits per heavy atom. The minimum Gasteiger partial charge on any atom is -0.504 e. The second-order valence-corrected chi connectivity index (χ2v) is 7.54. The van der Waals surface area contributed by atoms with Crippen LogP contribution in [0.1, 0.15) is 5.56 Å². The Hall–Kier alpha value is -4.32. The predicted octanol–water partition coefficient (Wildman–Crippen LogP) is 5.29. The van der Waals surface area contributed by atoms with E-state index in [0.29, 0.717) is 5.56 Å². The standard InChI is InChI=1S/C25H19NO5/c1-13-5-4-6-15(11-13)26-18-8-3-2-7-16(18)17-10-9-14(12-19(17)26)20-21(27)23(29)25(31)24(30)22(20)28/h2-12,27-31H,1H3. The number of para-hydroxylation sites is 1. The van der Waals surface area contributed by atoms with Crippen LogP contribution in [-0.2, 0) is 0 Å². The monoisotopic (exact) mass is 413 g/mol. The second-order valence-electron chi connectivity index (χ2n) is 7.54. The van der Waals surface area contributed by atoms with Crippen molar-refractivity contribution in [3.8, 4) is 45.6 Å². The SMILES string of the molecule is Cc1cccc(-n2c3ccccc3c3ccc(-c4c(O)c(O)c(O)c(O)c4O)cc32)c1. The number of rotatable bonds is 2. The van der Waals surface area contributed by atoms with E-state index in [1.165, 1.54) is 0 Å². The average molecular weight is 413 g/mol. The maximum Gasteiger partial charge on any atom is 0.208 e. The van der Waals surface area contributed by atoms with E-state index in [9.17, 15) is 25.5 Å². The number of aromatic nitrogens is 1. The van der Waals surface area contributed by atoms with Crippen LogP contribution in [0.3, 0.4) is 0 Å². The Balaban J connectivity index is 1.89. The smallest absolute Gasteiger partial charge is 0.208 e. The Morgan fingerprint density at radius 1 is 0.581 bits per heavy atom. The summed E-state index contributed by atoms with van der Waals surface area (Å²) in [6.45, 7) is 2.01. The van der Waals surface area contributed by atoms with Crippen molar-refractivity contribution >= 4 is 21.8 Å². The summed E-state index contributed by atoms with van der Waals surface area (Å²) in [4.78, 5) is 0. The lowest BCUT2D eigenvalue weighted by Crippen LogP contribution is -1.94. The van der Waals surface area contributed by atoms with Gasteiger partial charge in [-0.3, -0.25) is 0 Å². The molecule has 0 amide bonds. The Bertz CT molecular complexity index is 1470. The van der Waals surface area contributed by atoms with Crippen LogP contribution < -0.4 is 0 Å². The lowest BCUT2D eigenvalue weighted by Gasteiger charge is -2.13. The second kappa shape index (κ2) is 6.60. The number of phenols is 5. The molecule has 5 aromatic rings. The number of phenolic OH excluding ortho intramolecular Hbond substituents is 5. The third kappa shape index (κ3) is 2.65. The molecule has 6 nitrogen and oxygen atoms in total. The third-order valence-corrected chi connectivity index (χ3v) is 5.59. The molecule has 0 atom stereocenters. The number of hydrogen-bond donors (Lipinski definition) is 5. The zero-order chi connectivity index (χ0) is 21.9. The van der Waals surface area contributed by atoms with E-state index in [4.69, 9.17) is 0 Å². The Kier molecular flexibility index (Phi) is 3.98. The first-order chi connectivity index (χ1) is 14.9. The summed E-state index contributed by atoms with van der Waals surface area (Å²) in [5.74, 6) is -4.21. The van der Waals surface area contributed by atoms with Gasteiger partial charge in [-0.25, -0.2) is 0 Å². The van der Waals surface area contributed by atoms with Crippen LogP contribution >= 0.6 is 0 Å². The highest BCUT2D eigenvalue weighted by atomic mass is 16.4. The molecule has 0 unspecified atom stereocenters. The van der Waals surface area contributed by atoms with Crippen LogP contribution in [-0.4, -0.2) is 30.1 Å². The van der Waals surface area contributed by atoms with E-state index >= 15 is 0 Å². The zero-order valence-corrected chi connectivity index (χ0v) is 16.5. The van der Waals surface area contributed by atoms with Gasteiger partial charge in [-0.05, 0) is 42.3 Å². The molecular weight excluding hydrogens is 394 g/mol. The fraction of sp³-hybridized carbons (Fsp3) is 0.0400. The van der Waals surface area contributed by atoms with Crippen molar-refractivity contribution in [3.63, 3.8) is 0 Å². The van der Waals surface area contributed by atoms with Crippen molar-refractivity contribution < 1.29 is 25.5 Å². The molecule has 0 fully saturated rings. The molecule has 0 aliphatic rings. The lowest BCUT2D eigenvalue weighted by molar-refractivity contribution is 0.330. The predicted molar refractivity (Wildman–Crippen MR) is 119 cm³/mol. The van der Waals surface area contributed by atoms with Crippen LogP contribution in [0.2, 0.25) is 0 Å². The van der Waals surface area contributed by atoms with E-state index in [2.05, 4.69) is 10.6 Å². The molecule has 5 rings (SSSR count). The highest BCUT2D eigenvalue weighted by Gasteiger charge is 2.25.